The van der Waals surface area contributed by atoms with Crippen molar-refractivity contribution in [3.05, 3.63) is 78.3 Å². The molecule has 0 bridgehead atoms. The third-order valence-corrected chi connectivity index (χ3v) is 4.80. The molecule has 0 aliphatic heterocycles. The number of benzene rings is 2. The van der Waals surface area contributed by atoms with Crippen LogP contribution in [-0.4, -0.2) is 33.8 Å². The molecule has 150 valence electrons. The van der Waals surface area contributed by atoms with Crippen molar-refractivity contribution < 1.29 is 18.7 Å². The highest BCUT2D eigenvalue weighted by atomic mass is 32.2. The topological polar surface area (TPSA) is 110 Å². The minimum atomic E-state index is -0.573. The number of hydrogen-bond acceptors (Lipinski definition) is 7. The van der Waals surface area contributed by atoms with E-state index in [1.807, 2.05) is 24.3 Å². The molecular formula is C21H16N4O4S. The van der Waals surface area contributed by atoms with Gasteiger partial charge in [0.05, 0.1) is 29.3 Å². The molecule has 2 aromatic heterocycles. The summed E-state index contributed by atoms with van der Waals surface area (Å²) in [7, 11) is 0. The lowest BCUT2D eigenvalue weighted by Crippen LogP contribution is -2.19. The molecule has 4 rings (SSSR count). The number of amides is 1. The van der Waals surface area contributed by atoms with Gasteiger partial charge in [0.2, 0.25) is 5.76 Å². The van der Waals surface area contributed by atoms with E-state index in [9.17, 15) is 9.59 Å². The number of fused-ring (bicyclic) bond motifs is 1. The second kappa shape index (κ2) is 9.10. The number of carbonyl (C=O) groups is 2. The molecule has 0 saturated carbocycles. The van der Waals surface area contributed by atoms with Gasteiger partial charge in [-0.2, -0.15) is 5.10 Å². The fourth-order valence-electron chi connectivity index (χ4n) is 2.52. The normalized spacial score (nSPS) is 11.1. The minimum absolute atomic E-state index is 0.129. The van der Waals surface area contributed by atoms with Crippen LogP contribution < -0.4 is 10.2 Å². The highest BCUT2D eigenvalue weighted by molar-refractivity contribution is 7.99. The van der Waals surface area contributed by atoms with Gasteiger partial charge in [-0.05, 0) is 54.1 Å². The van der Waals surface area contributed by atoms with Crippen molar-refractivity contribution in [2.45, 2.75) is 5.16 Å². The van der Waals surface area contributed by atoms with Crippen LogP contribution in [0.15, 0.2) is 81.6 Å². The number of para-hydroxylation sites is 2. The van der Waals surface area contributed by atoms with Gasteiger partial charge in [-0.3, -0.25) is 4.79 Å². The number of carbonyl (C=O) groups excluding carboxylic acids is 2. The number of hydrogen-bond donors (Lipinski definition) is 2. The van der Waals surface area contributed by atoms with Crippen molar-refractivity contribution in [2.75, 3.05) is 5.75 Å². The number of hydrazone groups is 1. The lowest BCUT2D eigenvalue weighted by Gasteiger charge is -2.02. The third kappa shape index (κ3) is 4.95. The Morgan fingerprint density at radius 1 is 1.13 bits per heavy atom. The Hall–Kier alpha value is -3.85. The largest absolute Gasteiger partial charge is 0.457 e. The summed E-state index contributed by atoms with van der Waals surface area (Å²) < 4.78 is 10.2. The van der Waals surface area contributed by atoms with Crippen molar-refractivity contribution in [3.63, 3.8) is 0 Å². The van der Waals surface area contributed by atoms with E-state index in [0.717, 1.165) is 16.6 Å². The molecule has 0 atom stereocenters. The average molecular weight is 420 g/mol. The number of aromatic amines is 1. The molecule has 2 aromatic carbocycles. The average Bonchev–Trinajstić information content (AvgIpc) is 3.43. The summed E-state index contributed by atoms with van der Waals surface area (Å²) in [6.07, 6.45) is 2.90. The van der Waals surface area contributed by atoms with Crippen LogP contribution in [-0.2, 0) is 4.79 Å². The van der Waals surface area contributed by atoms with Gasteiger partial charge in [-0.1, -0.05) is 23.9 Å². The number of nitrogens with zero attached hydrogens (tertiary/aromatic N) is 2. The Labute approximate surface area is 175 Å². The van der Waals surface area contributed by atoms with Crippen molar-refractivity contribution in [3.8, 4) is 5.75 Å². The first-order valence-electron chi connectivity index (χ1n) is 8.92. The number of thioether (sulfide) groups is 1. The van der Waals surface area contributed by atoms with Gasteiger partial charge < -0.3 is 14.1 Å². The minimum Gasteiger partial charge on any atom is -0.457 e. The first-order chi connectivity index (χ1) is 14.7. The van der Waals surface area contributed by atoms with Crippen molar-refractivity contribution in [1.29, 1.82) is 0 Å². The Balaban J connectivity index is 1.24. The smallest absolute Gasteiger partial charge is 0.379 e. The van der Waals surface area contributed by atoms with E-state index in [1.165, 1.54) is 30.3 Å². The molecule has 0 aliphatic carbocycles. The zero-order valence-corrected chi connectivity index (χ0v) is 16.4. The van der Waals surface area contributed by atoms with E-state index in [2.05, 4.69) is 20.5 Å². The molecule has 0 fully saturated rings. The van der Waals surface area contributed by atoms with Crippen LogP contribution in [0.1, 0.15) is 16.1 Å². The van der Waals surface area contributed by atoms with Gasteiger partial charge in [0.25, 0.3) is 5.91 Å². The first kappa shape index (κ1) is 19.5. The molecule has 8 nitrogen and oxygen atoms in total. The summed E-state index contributed by atoms with van der Waals surface area (Å²) in [5, 5.41) is 4.61. The molecule has 0 radical (unpaired) electrons. The van der Waals surface area contributed by atoms with Crippen molar-refractivity contribution >= 4 is 40.9 Å². The number of furan rings is 1. The molecule has 0 saturated heterocycles. The number of esters is 1. The van der Waals surface area contributed by atoms with E-state index >= 15 is 0 Å². The van der Waals surface area contributed by atoms with E-state index in [1.54, 1.807) is 30.3 Å². The number of aromatic nitrogens is 2. The highest BCUT2D eigenvalue weighted by Crippen LogP contribution is 2.18. The van der Waals surface area contributed by atoms with E-state index < -0.39 is 5.97 Å². The fraction of sp³-hybridized carbons (Fsp3) is 0.0476. The maximum Gasteiger partial charge on any atom is 0.379 e. The van der Waals surface area contributed by atoms with Gasteiger partial charge >= 0.3 is 5.97 Å². The number of ether oxygens (including phenoxy) is 1. The summed E-state index contributed by atoms with van der Waals surface area (Å²) in [5.74, 6) is -0.140. The van der Waals surface area contributed by atoms with Gasteiger partial charge in [0.15, 0.2) is 5.16 Å². The molecule has 30 heavy (non-hydrogen) atoms. The summed E-state index contributed by atoms with van der Waals surface area (Å²) in [6, 6.07) is 17.5. The van der Waals surface area contributed by atoms with E-state index in [-0.39, 0.29) is 17.4 Å². The highest BCUT2D eigenvalue weighted by Gasteiger charge is 2.11. The number of nitrogens with one attached hydrogen (secondary N) is 2. The maximum absolute atomic E-state index is 12.0. The van der Waals surface area contributed by atoms with Gasteiger partial charge in [-0.15, -0.1) is 0 Å². The summed E-state index contributed by atoms with van der Waals surface area (Å²) in [5.41, 5.74) is 4.99. The van der Waals surface area contributed by atoms with Crippen molar-refractivity contribution in [2.24, 2.45) is 5.10 Å². The van der Waals surface area contributed by atoms with Crippen LogP contribution in [0.5, 0.6) is 5.75 Å². The second-order valence-corrected chi connectivity index (χ2v) is 7.04. The predicted molar refractivity (Wildman–Crippen MR) is 113 cm³/mol. The van der Waals surface area contributed by atoms with Crippen LogP contribution in [0.3, 0.4) is 0 Å². The summed E-state index contributed by atoms with van der Waals surface area (Å²) >= 11 is 1.30. The predicted octanol–water partition coefficient (Wildman–Crippen LogP) is 3.62. The van der Waals surface area contributed by atoms with E-state index in [4.69, 9.17) is 9.15 Å². The fourth-order valence-corrected chi connectivity index (χ4v) is 3.19. The standard InChI is InChI=1S/C21H16N4O4S/c26-19(13-30-21-23-16-4-1-2-5-17(16)24-21)25-22-12-14-7-9-15(10-8-14)29-20(27)18-6-3-11-28-18/h1-12H,13H2,(H,23,24)(H,25,26)/b22-12+. The number of rotatable bonds is 7. The molecule has 0 spiro atoms. The molecule has 9 heteroatoms. The summed E-state index contributed by atoms with van der Waals surface area (Å²) in [6.45, 7) is 0. The lowest BCUT2D eigenvalue weighted by molar-refractivity contribution is -0.118. The summed E-state index contributed by atoms with van der Waals surface area (Å²) in [4.78, 5) is 31.3. The lowest BCUT2D eigenvalue weighted by atomic mass is 10.2. The molecular weight excluding hydrogens is 404 g/mol. The van der Waals surface area contributed by atoms with Crippen LogP contribution in [0, 0.1) is 0 Å². The Bertz CT molecular complexity index is 1150. The zero-order chi connectivity index (χ0) is 20.8. The van der Waals surface area contributed by atoms with Crippen molar-refractivity contribution in [1.82, 2.24) is 15.4 Å². The van der Waals surface area contributed by atoms with Crippen LogP contribution in [0.4, 0.5) is 0 Å². The van der Waals surface area contributed by atoms with Gasteiger partial charge in [-0.25, -0.2) is 15.2 Å². The Morgan fingerprint density at radius 3 is 2.73 bits per heavy atom. The van der Waals surface area contributed by atoms with Gasteiger partial charge in [0, 0.05) is 0 Å². The quantitative estimate of drug-likeness (QED) is 0.155. The monoisotopic (exact) mass is 420 g/mol. The van der Waals surface area contributed by atoms with Crippen LogP contribution in [0.25, 0.3) is 11.0 Å². The van der Waals surface area contributed by atoms with Crippen LogP contribution >= 0.6 is 11.8 Å². The molecule has 0 unspecified atom stereocenters. The Kier molecular flexibility index (Phi) is 5.90. The molecule has 1 amide bonds. The third-order valence-electron chi connectivity index (χ3n) is 3.92. The van der Waals surface area contributed by atoms with Gasteiger partial charge in [0.1, 0.15) is 5.75 Å². The van der Waals surface area contributed by atoms with Crippen LogP contribution in [0.2, 0.25) is 0 Å². The zero-order valence-electron chi connectivity index (χ0n) is 15.6. The Morgan fingerprint density at radius 2 is 1.97 bits per heavy atom. The van der Waals surface area contributed by atoms with E-state index in [0.29, 0.717) is 10.9 Å². The second-order valence-electron chi connectivity index (χ2n) is 6.08. The number of imidazole rings is 1. The molecule has 2 heterocycles. The molecule has 2 N–H and O–H groups in total. The molecule has 4 aromatic rings. The molecule has 0 aliphatic rings. The number of H-pyrrole nitrogens is 1. The first-order valence-corrected chi connectivity index (χ1v) is 9.91. The maximum atomic E-state index is 12.0. The SMILES string of the molecule is O=C(CSc1nc2ccccc2[nH]1)N/N=C/c1ccc(OC(=O)c2ccco2)cc1.